The van der Waals surface area contributed by atoms with Crippen LogP contribution in [0.4, 0.5) is 0 Å². The first-order valence-corrected chi connectivity index (χ1v) is 9.23. The lowest BCUT2D eigenvalue weighted by atomic mass is 10.1. The lowest BCUT2D eigenvalue weighted by molar-refractivity contribution is -0.120. The standard InChI is InChI=1S/C23H20N2O4/c26-23(13-19-8-11-21-22(12-19)29-16-28-21)25-24-14-17-6-9-20(10-7-17)27-15-18-4-2-1-3-5-18/h1-12,14H,13,15-16H2,(H,25,26)/b24-14-. The second kappa shape index (κ2) is 8.93. The summed E-state index contributed by atoms with van der Waals surface area (Å²) in [6.45, 7) is 0.732. The molecule has 0 radical (unpaired) electrons. The van der Waals surface area contributed by atoms with Crippen LogP contribution in [0.3, 0.4) is 0 Å². The van der Waals surface area contributed by atoms with Gasteiger partial charge in [0.2, 0.25) is 12.7 Å². The molecule has 0 fully saturated rings. The van der Waals surface area contributed by atoms with Crippen molar-refractivity contribution in [1.29, 1.82) is 0 Å². The molecular weight excluding hydrogens is 368 g/mol. The van der Waals surface area contributed by atoms with Crippen molar-refractivity contribution >= 4 is 12.1 Å². The van der Waals surface area contributed by atoms with Gasteiger partial charge in [0.25, 0.3) is 0 Å². The first kappa shape index (κ1) is 18.6. The average Bonchev–Trinajstić information content (AvgIpc) is 3.22. The van der Waals surface area contributed by atoms with Crippen LogP contribution in [0.2, 0.25) is 0 Å². The molecule has 3 aromatic carbocycles. The zero-order valence-electron chi connectivity index (χ0n) is 15.7. The maximum Gasteiger partial charge on any atom is 0.244 e. The molecule has 1 N–H and O–H groups in total. The average molecular weight is 388 g/mol. The summed E-state index contributed by atoms with van der Waals surface area (Å²) in [5.41, 5.74) is 5.35. The van der Waals surface area contributed by atoms with Gasteiger partial charge in [0.15, 0.2) is 11.5 Å². The van der Waals surface area contributed by atoms with E-state index in [2.05, 4.69) is 10.5 Å². The van der Waals surface area contributed by atoms with Crippen LogP contribution in [0.25, 0.3) is 0 Å². The molecule has 29 heavy (non-hydrogen) atoms. The second-order valence-corrected chi connectivity index (χ2v) is 6.50. The van der Waals surface area contributed by atoms with Gasteiger partial charge in [-0.1, -0.05) is 36.4 Å². The van der Waals surface area contributed by atoms with Gasteiger partial charge in [-0.15, -0.1) is 0 Å². The van der Waals surface area contributed by atoms with Crippen molar-refractivity contribution in [3.63, 3.8) is 0 Å². The van der Waals surface area contributed by atoms with Gasteiger partial charge in [-0.2, -0.15) is 5.10 Å². The SMILES string of the molecule is O=C(Cc1ccc2c(c1)OCO2)N/N=C\c1ccc(OCc2ccccc2)cc1. The predicted molar refractivity (Wildman–Crippen MR) is 109 cm³/mol. The highest BCUT2D eigenvalue weighted by atomic mass is 16.7. The monoisotopic (exact) mass is 388 g/mol. The molecule has 0 unspecified atom stereocenters. The number of nitrogens with zero attached hydrogens (tertiary/aromatic N) is 1. The van der Waals surface area contributed by atoms with Crippen LogP contribution in [-0.4, -0.2) is 18.9 Å². The second-order valence-electron chi connectivity index (χ2n) is 6.50. The molecule has 4 rings (SSSR count). The van der Waals surface area contributed by atoms with Crippen molar-refractivity contribution in [3.05, 3.63) is 89.5 Å². The predicted octanol–water partition coefficient (Wildman–Crippen LogP) is 3.69. The Morgan fingerprint density at radius 1 is 0.966 bits per heavy atom. The van der Waals surface area contributed by atoms with E-state index in [1.165, 1.54) is 0 Å². The number of fused-ring (bicyclic) bond motifs is 1. The van der Waals surface area contributed by atoms with E-state index in [0.29, 0.717) is 18.1 Å². The summed E-state index contributed by atoms with van der Waals surface area (Å²) < 4.78 is 16.3. The summed E-state index contributed by atoms with van der Waals surface area (Å²) in [6, 6.07) is 22.9. The highest BCUT2D eigenvalue weighted by molar-refractivity contribution is 5.83. The molecule has 0 bridgehead atoms. The van der Waals surface area contributed by atoms with Gasteiger partial charge in [0, 0.05) is 0 Å². The van der Waals surface area contributed by atoms with Crippen LogP contribution < -0.4 is 19.6 Å². The van der Waals surface area contributed by atoms with Gasteiger partial charge < -0.3 is 14.2 Å². The zero-order valence-corrected chi connectivity index (χ0v) is 15.7. The van der Waals surface area contributed by atoms with Crippen molar-refractivity contribution in [2.45, 2.75) is 13.0 Å². The zero-order chi connectivity index (χ0) is 19.9. The first-order valence-electron chi connectivity index (χ1n) is 9.23. The number of amides is 1. The van der Waals surface area contributed by atoms with E-state index in [0.717, 1.165) is 22.4 Å². The van der Waals surface area contributed by atoms with E-state index < -0.39 is 0 Å². The molecule has 0 spiro atoms. The number of nitrogens with one attached hydrogen (secondary N) is 1. The third-order valence-corrected chi connectivity index (χ3v) is 4.33. The lowest BCUT2D eigenvalue weighted by Gasteiger charge is -2.06. The van der Waals surface area contributed by atoms with Gasteiger partial charge in [-0.3, -0.25) is 4.79 Å². The molecule has 0 saturated carbocycles. The quantitative estimate of drug-likeness (QED) is 0.495. The summed E-state index contributed by atoms with van der Waals surface area (Å²) in [7, 11) is 0. The van der Waals surface area contributed by atoms with E-state index in [1.54, 1.807) is 18.3 Å². The van der Waals surface area contributed by atoms with Crippen molar-refractivity contribution in [1.82, 2.24) is 5.43 Å². The molecule has 1 aliphatic heterocycles. The number of carbonyl (C=O) groups is 1. The Hall–Kier alpha value is -3.80. The maximum absolute atomic E-state index is 12.1. The Morgan fingerprint density at radius 3 is 2.59 bits per heavy atom. The fourth-order valence-corrected chi connectivity index (χ4v) is 2.85. The van der Waals surface area contributed by atoms with Crippen LogP contribution in [0, 0.1) is 0 Å². The van der Waals surface area contributed by atoms with E-state index in [-0.39, 0.29) is 19.1 Å². The Balaban J connectivity index is 1.25. The summed E-state index contributed by atoms with van der Waals surface area (Å²) in [5, 5.41) is 4.01. The normalized spacial score (nSPS) is 12.1. The van der Waals surface area contributed by atoms with Crippen molar-refractivity contribution < 1.29 is 19.0 Å². The molecule has 0 aliphatic carbocycles. The number of rotatable bonds is 7. The summed E-state index contributed by atoms with van der Waals surface area (Å²) in [4.78, 5) is 12.1. The Kier molecular flexibility index (Phi) is 5.71. The van der Waals surface area contributed by atoms with Crippen LogP contribution >= 0.6 is 0 Å². The number of carbonyl (C=O) groups excluding carboxylic acids is 1. The number of hydrogen-bond acceptors (Lipinski definition) is 5. The van der Waals surface area contributed by atoms with Crippen molar-refractivity contribution in [2.24, 2.45) is 5.10 Å². The molecule has 146 valence electrons. The minimum absolute atomic E-state index is 0.206. The maximum atomic E-state index is 12.1. The van der Waals surface area contributed by atoms with Gasteiger partial charge in [-0.25, -0.2) is 5.43 Å². The van der Waals surface area contributed by atoms with Crippen molar-refractivity contribution in [3.8, 4) is 17.2 Å². The first-order chi connectivity index (χ1) is 14.3. The summed E-state index contributed by atoms with van der Waals surface area (Å²) >= 11 is 0. The minimum Gasteiger partial charge on any atom is -0.489 e. The molecule has 6 nitrogen and oxygen atoms in total. The molecule has 1 amide bonds. The Morgan fingerprint density at radius 2 is 1.76 bits per heavy atom. The third kappa shape index (κ3) is 5.13. The van der Waals surface area contributed by atoms with E-state index in [4.69, 9.17) is 14.2 Å². The molecular formula is C23H20N2O4. The molecule has 6 heteroatoms. The summed E-state index contributed by atoms with van der Waals surface area (Å²) in [5.74, 6) is 1.93. The molecule has 3 aromatic rings. The van der Waals surface area contributed by atoms with Gasteiger partial charge in [0.1, 0.15) is 12.4 Å². The third-order valence-electron chi connectivity index (χ3n) is 4.33. The summed E-state index contributed by atoms with van der Waals surface area (Å²) in [6.07, 6.45) is 1.80. The highest BCUT2D eigenvalue weighted by Crippen LogP contribution is 2.32. The van der Waals surface area contributed by atoms with Gasteiger partial charge in [0.05, 0.1) is 12.6 Å². The van der Waals surface area contributed by atoms with Crippen LogP contribution in [-0.2, 0) is 17.8 Å². The fraction of sp³-hybridized carbons (Fsp3) is 0.130. The van der Waals surface area contributed by atoms with Crippen LogP contribution in [0.1, 0.15) is 16.7 Å². The topological polar surface area (TPSA) is 69.2 Å². The minimum atomic E-state index is -0.206. The Bertz CT molecular complexity index is 1000. The van der Waals surface area contributed by atoms with Crippen LogP contribution in [0.15, 0.2) is 77.9 Å². The van der Waals surface area contributed by atoms with E-state index >= 15 is 0 Å². The molecule has 0 atom stereocenters. The number of hydrazone groups is 1. The molecule has 0 aromatic heterocycles. The number of hydrogen-bond donors (Lipinski definition) is 1. The largest absolute Gasteiger partial charge is 0.489 e. The number of benzene rings is 3. The molecule has 1 heterocycles. The van der Waals surface area contributed by atoms with Crippen molar-refractivity contribution in [2.75, 3.05) is 6.79 Å². The van der Waals surface area contributed by atoms with E-state index in [9.17, 15) is 4.79 Å². The highest BCUT2D eigenvalue weighted by Gasteiger charge is 2.14. The lowest BCUT2D eigenvalue weighted by Crippen LogP contribution is -2.19. The fourth-order valence-electron chi connectivity index (χ4n) is 2.85. The smallest absolute Gasteiger partial charge is 0.244 e. The Labute approximate surface area is 168 Å². The van der Waals surface area contributed by atoms with E-state index in [1.807, 2.05) is 60.7 Å². The van der Waals surface area contributed by atoms with Crippen LogP contribution in [0.5, 0.6) is 17.2 Å². The van der Waals surface area contributed by atoms with Gasteiger partial charge in [-0.05, 0) is 53.1 Å². The molecule has 1 aliphatic rings. The number of ether oxygens (including phenoxy) is 3. The molecule has 0 saturated heterocycles. The van der Waals surface area contributed by atoms with Gasteiger partial charge >= 0.3 is 0 Å².